The maximum Gasteiger partial charge on any atom is 0.225 e. The zero-order valence-electron chi connectivity index (χ0n) is 13.7. The second kappa shape index (κ2) is 8.13. The maximum absolute atomic E-state index is 12.8. The molecule has 1 saturated carbocycles. The Kier molecular flexibility index (Phi) is 6.45. The summed E-state index contributed by atoms with van der Waals surface area (Å²) in [6.45, 7) is 3.38. The van der Waals surface area contributed by atoms with Crippen molar-refractivity contribution in [3.63, 3.8) is 0 Å². The van der Waals surface area contributed by atoms with Gasteiger partial charge in [0, 0.05) is 18.5 Å². The molecule has 4 nitrogen and oxygen atoms in total. The van der Waals surface area contributed by atoms with Crippen LogP contribution in [0.2, 0.25) is 0 Å². The van der Waals surface area contributed by atoms with Crippen LogP contribution in [0.3, 0.4) is 0 Å². The van der Waals surface area contributed by atoms with Gasteiger partial charge in [-0.15, -0.1) is 12.4 Å². The number of amides is 1. The smallest absolute Gasteiger partial charge is 0.225 e. The van der Waals surface area contributed by atoms with Crippen molar-refractivity contribution < 1.29 is 9.53 Å². The predicted molar refractivity (Wildman–Crippen MR) is 93.5 cm³/mol. The molecule has 0 bridgehead atoms. The Balaban J connectivity index is 0.00000192. The molecule has 1 heterocycles. The van der Waals surface area contributed by atoms with Crippen LogP contribution in [-0.2, 0) is 9.53 Å². The van der Waals surface area contributed by atoms with Gasteiger partial charge in [-0.1, -0.05) is 36.8 Å². The molecule has 5 heteroatoms. The molecule has 1 saturated heterocycles. The van der Waals surface area contributed by atoms with Crippen molar-refractivity contribution in [2.45, 2.75) is 50.9 Å². The molecule has 4 atom stereocenters. The summed E-state index contributed by atoms with van der Waals surface area (Å²) >= 11 is 0. The minimum absolute atomic E-state index is 0. The third-order valence-electron chi connectivity index (χ3n) is 4.81. The van der Waals surface area contributed by atoms with Gasteiger partial charge < -0.3 is 15.4 Å². The number of halogens is 1. The first-order valence-electron chi connectivity index (χ1n) is 8.38. The number of nitrogens with zero attached hydrogens (tertiary/aromatic N) is 1. The van der Waals surface area contributed by atoms with Crippen molar-refractivity contribution in [3.8, 4) is 0 Å². The van der Waals surface area contributed by atoms with E-state index in [1.165, 1.54) is 0 Å². The van der Waals surface area contributed by atoms with Crippen molar-refractivity contribution >= 4 is 18.3 Å². The highest BCUT2D eigenvalue weighted by Crippen LogP contribution is 2.29. The molecule has 23 heavy (non-hydrogen) atoms. The topological polar surface area (TPSA) is 55.6 Å². The van der Waals surface area contributed by atoms with Gasteiger partial charge in [-0.3, -0.25) is 4.79 Å². The van der Waals surface area contributed by atoms with Gasteiger partial charge in [0.2, 0.25) is 5.91 Å². The quantitative estimate of drug-likeness (QED) is 0.902. The largest absolute Gasteiger partial charge is 0.367 e. The predicted octanol–water partition coefficient (Wildman–Crippen LogP) is 2.91. The number of hydrogen-bond donors (Lipinski definition) is 1. The van der Waals surface area contributed by atoms with E-state index in [1.54, 1.807) is 0 Å². The number of benzene rings is 1. The minimum Gasteiger partial charge on any atom is -0.367 e. The molecule has 2 N–H and O–H groups in total. The molecule has 4 unspecified atom stereocenters. The summed E-state index contributed by atoms with van der Waals surface area (Å²) in [6, 6.07) is 10.4. The van der Waals surface area contributed by atoms with Crippen LogP contribution in [0, 0.1) is 5.92 Å². The number of morpholine rings is 1. The summed E-state index contributed by atoms with van der Waals surface area (Å²) in [5.41, 5.74) is 7.19. The molecule has 3 rings (SSSR count). The Bertz CT molecular complexity index is 511. The molecular formula is C18H27ClN2O2. The lowest BCUT2D eigenvalue weighted by Gasteiger charge is -2.39. The maximum atomic E-state index is 12.8. The van der Waals surface area contributed by atoms with Crippen molar-refractivity contribution in [2.24, 2.45) is 11.7 Å². The van der Waals surface area contributed by atoms with E-state index in [-0.39, 0.29) is 42.5 Å². The highest BCUT2D eigenvalue weighted by Gasteiger charge is 2.34. The Morgan fingerprint density at radius 3 is 2.65 bits per heavy atom. The normalized spacial score (nSPS) is 31.3. The zero-order chi connectivity index (χ0) is 15.5. The fourth-order valence-corrected chi connectivity index (χ4v) is 3.69. The van der Waals surface area contributed by atoms with E-state index in [0.29, 0.717) is 13.1 Å². The highest BCUT2D eigenvalue weighted by atomic mass is 35.5. The van der Waals surface area contributed by atoms with Crippen LogP contribution in [0.15, 0.2) is 30.3 Å². The fraction of sp³-hybridized carbons (Fsp3) is 0.611. The van der Waals surface area contributed by atoms with Crippen LogP contribution in [0.25, 0.3) is 0 Å². The number of ether oxygens (including phenoxy) is 1. The van der Waals surface area contributed by atoms with Crippen LogP contribution < -0.4 is 5.73 Å². The van der Waals surface area contributed by atoms with Crippen molar-refractivity contribution in [3.05, 3.63) is 35.9 Å². The van der Waals surface area contributed by atoms with E-state index >= 15 is 0 Å². The minimum atomic E-state index is -0.0221. The molecule has 128 valence electrons. The summed E-state index contributed by atoms with van der Waals surface area (Å²) in [4.78, 5) is 14.8. The second-order valence-corrected chi connectivity index (χ2v) is 6.71. The van der Waals surface area contributed by atoms with E-state index in [1.807, 2.05) is 30.0 Å². The lowest BCUT2D eigenvalue weighted by atomic mass is 9.85. The van der Waals surface area contributed by atoms with Gasteiger partial charge >= 0.3 is 0 Å². The summed E-state index contributed by atoms with van der Waals surface area (Å²) in [6.07, 6.45) is 3.98. The first kappa shape index (κ1) is 18.2. The molecule has 1 amide bonds. The summed E-state index contributed by atoms with van der Waals surface area (Å²) in [5, 5.41) is 0. The number of hydrogen-bond acceptors (Lipinski definition) is 3. The zero-order valence-corrected chi connectivity index (χ0v) is 14.5. The van der Waals surface area contributed by atoms with Crippen molar-refractivity contribution in [1.29, 1.82) is 0 Å². The number of carbonyl (C=O) groups excluding carboxylic acids is 1. The van der Waals surface area contributed by atoms with Gasteiger partial charge in [-0.25, -0.2) is 0 Å². The first-order chi connectivity index (χ1) is 10.6. The number of carbonyl (C=O) groups is 1. The molecular weight excluding hydrogens is 312 g/mol. The Morgan fingerprint density at radius 1 is 1.22 bits per heavy atom. The van der Waals surface area contributed by atoms with Crippen LogP contribution in [0.1, 0.15) is 44.3 Å². The lowest BCUT2D eigenvalue weighted by Crippen LogP contribution is -2.49. The van der Waals surface area contributed by atoms with E-state index in [2.05, 4.69) is 12.1 Å². The van der Waals surface area contributed by atoms with Gasteiger partial charge in [-0.2, -0.15) is 0 Å². The molecule has 2 fully saturated rings. The van der Waals surface area contributed by atoms with Gasteiger partial charge in [0.05, 0.1) is 12.6 Å². The SMILES string of the molecule is CC1CN(C(=O)C2CCCC(N)C2)CC(c2ccccc2)O1.Cl. The number of rotatable bonds is 2. The second-order valence-electron chi connectivity index (χ2n) is 6.71. The Hall–Kier alpha value is -1.10. The average molecular weight is 339 g/mol. The molecule has 0 spiro atoms. The summed E-state index contributed by atoms with van der Waals surface area (Å²) < 4.78 is 6.04. The molecule has 1 aliphatic heterocycles. The van der Waals surface area contributed by atoms with Crippen LogP contribution >= 0.6 is 12.4 Å². The van der Waals surface area contributed by atoms with E-state index in [0.717, 1.165) is 31.2 Å². The summed E-state index contributed by atoms with van der Waals surface area (Å²) in [5.74, 6) is 0.372. The third-order valence-corrected chi connectivity index (χ3v) is 4.81. The van der Waals surface area contributed by atoms with Gasteiger partial charge in [0.15, 0.2) is 0 Å². The van der Waals surface area contributed by atoms with Crippen LogP contribution in [-0.4, -0.2) is 36.0 Å². The monoisotopic (exact) mass is 338 g/mol. The fourth-order valence-electron chi connectivity index (χ4n) is 3.69. The van der Waals surface area contributed by atoms with Crippen LogP contribution in [0.4, 0.5) is 0 Å². The number of nitrogens with two attached hydrogens (primary N) is 1. The Labute approximate surface area is 144 Å². The van der Waals surface area contributed by atoms with Crippen LogP contribution in [0.5, 0.6) is 0 Å². The molecule has 2 aliphatic rings. The third kappa shape index (κ3) is 4.46. The van der Waals surface area contributed by atoms with Gasteiger partial charge in [0.25, 0.3) is 0 Å². The standard InChI is InChI=1S/C18H26N2O2.ClH/c1-13-11-20(18(21)15-8-5-9-16(19)10-15)12-17(22-13)14-6-3-2-4-7-14;/h2-4,6-7,13,15-17H,5,8-12,19H2,1H3;1H. The summed E-state index contributed by atoms with van der Waals surface area (Å²) in [7, 11) is 0. The van der Waals surface area contributed by atoms with Gasteiger partial charge in [-0.05, 0) is 31.7 Å². The molecule has 0 aromatic heterocycles. The molecule has 1 aromatic rings. The molecule has 0 radical (unpaired) electrons. The van der Waals surface area contributed by atoms with E-state index < -0.39 is 0 Å². The highest BCUT2D eigenvalue weighted by molar-refractivity contribution is 5.85. The van der Waals surface area contributed by atoms with Gasteiger partial charge in [0.1, 0.15) is 6.10 Å². The van der Waals surface area contributed by atoms with Crippen molar-refractivity contribution in [2.75, 3.05) is 13.1 Å². The molecule has 1 aliphatic carbocycles. The van der Waals surface area contributed by atoms with E-state index in [9.17, 15) is 4.79 Å². The van der Waals surface area contributed by atoms with Crippen molar-refractivity contribution in [1.82, 2.24) is 4.90 Å². The molecule has 1 aromatic carbocycles. The van der Waals surface area contributed by atoms with E-state index in [4.69, 9.17) is 10.5 Å². The average Bonchev–Trinajstić information content (AvgIpc) is 2.54. The lowest BCUT2D eigenvalue weighted by molar-refractivity contribution is -0.150. The first-order valence-corrected chi connectivity index (χ1v) is 8.38. The Morgan fingerprint density at radius 2 is 1.96 bits per heavy atom.